The summed E-state index contributed by atoms with van der Waals surface area (Å²) in [5.41, 5.74) is 1.21. The molecular formula is C12H10N2O3. The Morgan fingerprint density at radius 2 is 2.12 bits per heavy atom. The van der Waals surface area contributed by atoms with Gasteiger partial charge in [0.15, 0.2) is 0 Å². The first kappa shape index (κ1) is 11.1. The van der Waals surface area contributed by atoms with Gasteiger partial charge in [0.2, 0.25) is 0 Å². The predicted molar refractivity (Wildman–Crippen MR) is 61.5 cm³/mol. The minimum Gasteiger partial charge on any atom is -0.478 e. The maximum absolute atomic E-state index is 11.7. The molecule has 0 radical (unpaired) electrons. The highest BCUT2D eigenvalue weighted by Gasteiger charge is 2.08. The molecule has 0 saturated carbocycles. The number of aromatic carboxylic acids is 1. The van der Waals surface area contributed by atoms with Crippen LogP contribution in [0.1, 0.15) is 15.9 Å². The van der Waals surface area contributed by atoms with Crippen LogP contribution in [0.4, 0.5) is 0 Å². The zero-order chi connectivity index (χ0) is 12.4. The van der Waals surface area contributed by atoms with Gasteiger partial charge in [-0.2, -0.15) is 0 Å². The fourth-order valence-corrected chi connectivity index (χ4v) is 1.51. The third-order valence-corrected chi connectivity index (χ3v) is 2.43. The van der Waals surface area contributed by atoms with Crippen LogP contribution in [-0.2, 0) is 0 Å². The average Bonchev–Trinajstić information content (AvgIpc) is 2.30. The van der Waals surface area contributed by atoms with Crippen molar-refractivity contribution >= 4 is 5.97 Å². The summed E-state index contributed by atoms with van der Waals surface area (Å²) in [5, 5.41) is 8.89. The van der Waals surface area contributed by atoms with Crippen molar-refractivity contribution in [2.45, 2.75) is 6.92 Å². The summed E-state index contributed by atoms with van der Waals surface area (Å²) in [6, 6.07) is 4.28. The predicted octanol–water partition coefficient (Wildman–Crippen LogP) is 1.24. The zero-order valence-electron chi connectivity index (χ0n) is 9.12. The number of rotatable bonds is 2. The first-order chi connectivity index (χ1) is 8.09. The zero-order valence-corrected chi connectivity index (χ0v) is 9.12. The monoisotopic (exact) mass is 230 g/mol. The molecule has 2 heterocycles. The number of carboxylic acids is 1. The molecule has 17 heavy (non-hydrogen) atoms. The van der Waals surface area contributed by atoms with Crippen LogP contribution in [0.25, 0.3) is 5.69 Å². The molecule has 0 bridgehead atoms. The normalized spacial score (nSPS) is 10.2. The topological polar surface area (TPSA) is 72.2 Å². The minimum atomic E-state index is -1.07. The lowest BCUT2D eigenvalue weighted by atomic mass is 10.2. The molecule has 5 nitrogen and oxygen atoms in total. The maximum atomic E-state index is 11.7. The Balaban J connectivity index is 2.67. The van der Waals surface area contributed by atoms with Crippen molar-refractivity contribution in [3.8, 4) is 5.69 Å². The van der Waals surface area contributed by atoms with Gasteiger partial charge < -0.3 is 5.11 Å². The number of carboxylic acid groups (broad SMARTS) is 1. The van der Waals surface area contributed by atoms with Gasteiger partial charge in [0.25, 0.3) is 5.56 Å². The molecule has 0 saturated heterocycles. The van der Waals surface area contributed by atoms with Gasteiger partial charge in [0.05, 0.1) is 17.4 Å². The van der Waals surface area contributed by atoms with E-state index in [-0.39, 0.29) is 11.1 Å². The third-order valence-electron chi connectivity index (χ3n) is 2.43. The van der Waals surface area contributed by atoms with Crippen LogP contribution in [0.15, 0.2) is 41.6 Å². The number of carbonyl (C=O) groups is 1. The standard InChI is InChI=1S/C12H10N2O3/c1-8-4-5-13-6-10(8)14-7-9(12(16)17)2-3-11(14)15/h2-7H,1H3,(H,16,17). The molecule has 0 amide bonds. The molecule has 0 unspecified atom stereocenters. The molecule has 86 valence electrons. The highest BCUT2D eigenvalue weighted by molar-refractivity contribution is 5.87. The molecule has 0 spiro atoms. The Morgan fingerprint density at radius 3 is 2.76 bits per heavy atom. The largest absolute Gasteiger partial charge is 0.478 e. The van der Waals surface area contributed by atoms with Gasteiger partial charge in [0.1, 0.15) is 0 Å². The molecule has 0 fully saturated rings. The molecule has 2 aromatic heterocycles. The minimum absolute atomic E-state index is 0.0628. The van der Waals surface area contributed by atoms with E-state index in [1.807, 2.05) is 6.92 Å². The van der Waals surface area contributed by atoms with Crippen molar-refractivity contribution in [3.05, 3.63) is 58.3 Å². The fourth-order valence-electron chi connectivity index (χ4n) is 1.51. The number of pyridine rings is 2. The first-order valence-corrected chi connectivity index (χ1v) is 4.96. The SMILES string of the molecule is Cc1ccncc1-n1cc(C(=O)O)ccc1=O. The van der Waals surface area contributed by atoms with E-state index in [2.05, 4.69) is 4.98 Å². The van der Waals surface area contributed by atoms with Crippen LogP contribution in [0.5, 0.6) is 0 Å². The van der Waals surface area contributed by atoms with Gasteiger partial charge in [-0.1, -0.05) is 0 Å². The molecule has 1 N–H and O–H groups in total. The number of aromatic nitrogens is 2. The Kier molecular flexibility index (Phi) is 2.74. The van der Waals surface area contributed by atoms with Crippen molar-refractivity contribution < 1.29 is 9.90 Å². The van der Waals surface area contributed by atoms with Crippen molar-refractivity contribution in [1.29, 1.82) is 0 Å². The summed E-state index contributed by atoms with van der Waals surface area (Å²) in [7, 11) is 0. The molecule has 0 aromatic carbocycles. The molecular weight excluding hydrogens is 220 g/mol. The third kappa shape index (κ3) is 2.08. The Bertz CT molecular complexity index is 632. The summed E-state index contributed by atoms with van der Waals surface area (Å²) in [4.78, 5) is 26.5. The van der Waals surface area contributed by atoms with Crippen LogP contribution in [0.3, 0.4) is 0 Å². The van der Waals surface area contributed by atoms with Gasteiger partial charge >= 0.3 is 5.97 Å². The Labute approximate surface area is 97.0 Å². The summed E-state index contributed by atoms with van der Waals surface area (Å²) < 4.78 is 1.28. The second-order valence-corrected chi connectivity index (χ2v) is 3.59. The lowest BCUT2D eigenvalue weighted by Gasteiger charge is -2.08. The van der Waals surface area contributed by atoms with E-state index in [1.165, 1.54) is 29.1 Å². The van der Waals surface area contributed by atoms with Gasteiger partial charge in [-0.15, -0.1) is 0 Å². The Morgan fingerprint density at radius 1 is 1.35 bits per heavy atom. The van der Waals surface area contributed by atoms with Crippen LogP contribution < -0.4 is 5.56 Å². The van der Waals surface area contributed by atoms with Crippen molar-refractivity contribution in [2.24, 2.45) is 0 Å². The quantitative estimate of drug-likeness (QED) is 0.842. The van der Waals surface area contributed by atoms with E-state index >= 15 is 0 Å². The smallest absolute Gasteiger partial charge is 0.337 e. The van der Waals surface area contributed by atoms with E-state index in [4.69, 9.17) is 5.11 Å². The molecule has 2 aromatic rings. The van der Waals surface area contributed by atoms with E-state index < -0.39 is 5.97 Å². The lowest BCUT2D eigenvalue weighted by molar-refractivity contribution is 0.0696. The molecule has 0 atom stereocenters. The highest BCUT2D eigenvalue weighted by Crippen LogP contribution is 2.10. The van der Waals surface area contributed by atoms with Gasteiger partial charge in [0, 0.05) is 18.5 Å². The number of hydrogen-bond acceptors (Lipinski definition) is 3. The highest BCUT2D eigenvalue weighted by atomic mass is 16.4. The molecule has 5 heteroatoms. The number of hydrogen-bond donors (Lipinski definition) is 1. The molecule has 0 aliphatic rings. The van der Waals surface area contributed by atoms with Crippen LogP contribution in [0.2, 0.25) is 0 Å². The summed E-state index contributed by atoms with van der Waals surface area (Å²) in [6.07, 6.45) is 4.45. The van der Waals surface area contributed by atoms with Gasteiger partial charge in [-0.05, 0) is 24.6 Å². The van der Waals surface area contributed by atoms with E-state index in [1.54, 1.807) is 12.3 Å². The van der Waals surface area contributed by atoms with E-state index in [0.717, 1.165) is 5.56 Å². The molecule has 2 rings (SSSR count). The number of nitrogens with zero attached hydrogens (tertiary/aromatic N) is 2. The van der Waals surface area contributed by atoms with Crippen LogP contribution >= 0.6 is 0 Å². The molecule has 0 aliphatic carbocycles. The summed E-state index contributed by atoms with van der Waals surface area (Å²) >= 11 is 0. The van der Waals surface area contributed by atoms with Crippen molar-refractivity contribution in [3.63, 3.8) is 0 Å². The first-order valence-electron chi connectivity index (χ1n) is 4.96. The van der Waals surface area contributed by atoms with Crippen LogP contribution in [0, 0.1) is 6.92 Å². The maximum Gasteiger partial charge on any atom is 0.337 e. The van der Waals surface area contributed by atoms with Crippen molar-refractivity contribution in [1.82, 2.24) is 9.55 Å². The van der Waals surface area contributed by atoms with Gasteiger partial charge in [-0.3, -0.25) is 14.3 Å². The second kappa shape index (κ2) is 4.21. The second-order valence-electron chi connectivity index (χ2n) is 3.59. The summed E-state index contributed by atoms with van der Waals surface area (Å²) in [6.45, 7) is 1.83. The van der Waals surface area contributed by atoms with E-state index in [0.29, 0.717) is 5.69 Å². The van der Waals surface area contributed by atoms with E-state index in [9.17, 15) is 9.59 Å². The Hall–Kier alpha value is -2.43. The number of aryl methyl sites for hydroxylation is 1. The van der Waals surface area contributed by atoms with Crippen LogP contribution in [-0.4, -0.2) is 20.6 Å². The summed E-state index contributed by atoms with van der Waals surface area (Å²) in [5.74, 6) is -1.07. The average molecular weight is 230 g/mol. The molecule has 0 aliphatic heterocycles. The fraction of sp³-hybridized carbons (Fsp3) is 0.0833. The van der Waals surface area contributed by atoms with Crippen molar-refractivity contribution in [2.75, 3.05) is 0 Å². The van der Waals surface area contributed by atoms with Gasteiger partial charge in [-0.25, -0.2) is 4.79 Å². The lowest BCUT2D eigenvalue weighted by Crippen LogP contribution is -2.19.